The van der Waals surface area contributed by atoms with Crippen LogP contribution in [0.15, 0.2) is 105 Å². The first-order valence-electron chi connectivity index (χ1n) is 18.0. The Morgan fingerprint density at radius 2 is 0.940 bits per heavy atom. The topological polar surface area (TPSA) is 0 Å². The maximum Gasteiger partial charge on any atom is -1.00 e. The van der Waals surface area contributed by atoms with Crippen molar-refractivity contribution in [3.8, 4) is 11.1 Å². The summed E-state index contributed by atoms with van der Waals surface area (Å²) < 4.78 is 3.78. The van der Waals surface area contributed by atoms with Gasteiger partial charge in [0, 0.05) is 0 Å². The molecule has 0 N–H and O–H groups in total. The Kier molecular flexibility index (Phi) is 11.8. The van der Waals surface area contributed by atoms with Gasteiger partial charge >= 0.3 is 301 Å². The van der Waals surface area contributed by atoms with Gasteiger partial charge in [0.15, 0.2) is 0 Å². The Bertz CT molecular complexity index is 1870. The second-order valence-electron chi connectivity index (χ2n) is 17.7. The van der Waals surface area contributed by atoms with Gasteiger partial charge in [0.05, 0.1) is 0 Å². The third-order valence-electron chi connectivity index (χ3n) is 10.8. The largest absolute Gasteiger partial charge is 1.00 e. The van der Waals surface area contributed by atoms with Crippen LogP contribution < -0.4 is 24.8 Å². The van der Waals surface area contributed by atoms with E-state index in [1.807, 2.05) is 0 Å². The molecule has 0 saturated carbocycles. The minimum absolute atomic E-state index is 0. The van der Waals surface area contributed by atoms with Crippen LogP contribution in [0.1, 0.15) is 124 Å². The van der Waals surface area contributed by atoms with Crippen molar-refractivity contribution in [1.29, 1.82) is 0 Å². The van der Waals surface area contributed by atoms with E-state index in [4.69, 9.17) is 0 Å². The number of hydrogen-bond donors (Lipinski definition) is 0. The molecule has 0 bridgehead atoms. The van der Waals surface area contributed by atoms with Crippen molar-refractivity contribution >= 4 is 3.21 Å². The first kappa shape index (κ1) is 40.5. The molecule has 1 unspecified atom stereocenters. The van der Waals surface area contributed by atoms with Crippen LogP contribution in [0.3, 0.4) is 0 Å². The van der Waals surface area contributed by atoms with Crippen molar-refractivity contribution in [2.24, 2.45) is 11.3 Å². The first-order chi connectivity index (χ1) is 22.4. The first-order valence-corrected chi connectivity index (χ1v) is 21.9. The van der Waals surface area contributed by atoms with Crippen molar-refractivity contribution in [3.63, 3.8) is 0 Å². The van der Waals surface area contributed by atoms with Gasteiger partial charge in [0.2, 0.25) is 0 Å². The van der Waals surface area contributed by atoms with Gasteiger partial charge in [-0.2, -0.15) is 0 Å². The predicted octanol–water partition coefficient (Wildman–Crippen LogP) is 6.76. The fourth-order valence-corrected chi connectivity index (χ4v) is 18.0. The van der Waals surface area contributed by atoms with Crippen LogP contribution in [0.25, 0.3) is 11.1 Å². The van der Waals surface area contributed by atoms with Crippen LogP contribution in [0.5, 0.6) is 0 Å². The summed E-state index contributed by atoms with van der Waals surface area (Å²) in [4.78, 5) is 0. The average Bonchev–Trinajstić information content (AvgIpc) is 3.49. The summed E-state index contributed by atoms with van der Waals surface area (Å²) in [5.41, 5.74) is 17.7. The van der Waals surface area contributed by atoms with Crippen LogP contribution in [0.4, 0.5) is 0 Å². The van der Waals surface area contributed by atoms with Gasteiger partial charge < -0.3 is 24.8 Å². The number of hydrogen-bond acceptors (Lipinski definition) is 0. The molecule has 0 radical (unpaired) electrons. The molecule has 2 aliphatic rings. The Balaban J connectivity index is 0.00000281. The zero-order valence-electron chi connectivity index (χ0n) is 32.6. The minimum Gasteiger partial charge on any atom is -1.00 e. The predicted molar refractivity (Wildman–Crippen MR) is 206 cm³/mol. The van der Waals surface area contributed by atoms with E-state index >= 15 is 0 Å². The number of halogens is 2. The summed E-state index contributed by atoms with van der Waals surface area (Å²) in [5, 5.41) is 0. The SMILES string of the molecule is CC1=[C]([Zr+2](=[C](c2ccc(C)cc2)c2ccc(C)cc2)[CH]2c3ccc(C(C)(C)C)cc3-c3cc(C(C)(C)C)ccc32)C(C)C=C1C(C)(C)C.[Cl-].[Cl-]. The number of fused-ring (bicyclic) bond motifs is 3. The molecule has 0 amide bonds. The molecule has 262 valence electrons. The van der Waals surface area contributed by atoms with E-state index < -0.39 is 21.3 Å². The van der Waals surface area contributed by atoms with Crippen LogP contribution in [0, 0.1) is 25.2 Å². The van der Waals surface area contributed by atoms with Gasteiger partial charge in [0.25, 0.3) is 0 Å². The number of allylic oxidation sites excluding steroid dienone is 4. The molecule has 3 heteroatoms. The van der Waals surface area contributed by atoms with Crippen LogP contribution in [-0.2, 0) is 32.1 Å². The molecule has 0 aliphatic heterocycles. The molecule has 6 rings (SSSR count). The third kappa shape index (κ3) is 7.59. The summed E-state index contributed by atoms with van der Waals surface area (Å²) in [6.45, 7) is 30.7. The quantitative estimate of drug-likeness (QED) is 0.215. The second kappa shape index (κ2) is 14.6. The van der Waals surface area contributed by atoms with E-state index in [0.717, 1.165) is 0 Å². The van der Waals surface area contributed by atoms with Crippen LogP contribution in [0.2, 0.25) is 0 Å². The molecule has 4 aromatic carbocycles. The fourth-order valence-electron chi connectivity index (χ4n) is 8.05. The Hall–Kier alpha value is -2.31. The van der Waals surface area contributed by atoms with E-state index in [1.165, 1.54) is 44.5 Å². The third-order valence-corrected chi connectivity index (χ3v) is 19.9. The maximum atomic E-state index is 2.62. The summed E-state index contributed by atoms with van der Waals surface area (Å²) in [5.74, 6) is 0.426. The molecule has 0 saturated heterocycles. The van der Waals surface area contributed by atoms with Crippen molar-refractivity contribution in [1.82, 2.24) is 0 Å². The molecule has 4 aromatic rings. The van der Waals surface area contributed by atoms with Crippen LogP contribution >= 0.6 is 0 Å². The molecular formula is C47H56Cl2Zr. The molecular weight excluding hydrogens is 727 g/mol. The zero-order chi connectivity index (χ0) is 34.9. The standard InChI is InChI=1S/C21H25.C15H14.C11H17.2ClH.Zr/c1-20(2,3)16-9-7-14-11-15-8-10-17(21(4,5)6)13-19(15)18(14)12-16;1-12-3-7-14(8-4-12)11-15-9-5-13(2)6-10-15;1-8-6-9(2)10(7-8)11(3,4)5;;;/h7-13H,1-6H3;3-10H,1-2H3;7-8H,1-5H3;2*1H;/q;;;;;+2/p-2. The van der Waals surface area contributed by atoms with Gasteiger partial charge in [-0.15, -0.1) is 0 Å². The molecule has 50 heavy (non-hydrogen) atoms. The molecule has 1 atom stereocenters. The van der Waals surface area contributed by atoms with Gasteiger partial charge in [-0.3, -0.25) is 0 Å². The average molecular weight is 783 g/mol. The molecule has 0 heterocycles. The van der Waals surface area contributed by atoms with E-state index in [-0.39, 0.29) is 41.1 Å². The number of aryl methyl sites for hydroxylation is 2. The van der Waals surface area contributed by atoms with E-state index in [0.29, 0.717) is 9.54 Å². The Morgan fingerprint density at radius 1 is 0.540 bits per heavy atom. The smallest absolute Gasteiger partial charge is 1.00 e. The fraction of sp³-hybridized carbons (Fsp3) is 0.383. The van der Waals surface area contributed by atoms with Crippen molar-refractivity contribution in [2.75, 3.05) is 0 Å². The molecule has 0 spiro atoms. The van der Waals surface area contributed by atoms with Crippen molar-refractivity contribution in [2.45, 2.75) is 104 Å². The monoisotopic (exact) mass is 780 g/mol. The molecule has 0 fully saturated rings. The van der Waals surface area contributed by atoms with Gasteiger partial charge in [-0.1, -0.05) is 0 Å². The normalized spacial score (nSPS) is 15.8. The second-order valence-corrected chi connectivity index (χ2v) is 23.7. The summed E-state index contributed by atoms with van der Waals surface area (Å²) >= 11 is -2.91. The summed E-state index contributed by atoms with van der Waals surface area (Å²) in [6, 6.07) is 34.0. The maximum absolute atomic E-state index is 2.91. The van der Waals surface area contributed by atoms with E-state index in [1.54, 1.807) is 28.8 Å². The van der Waals surface area contributed by atoms with Gasteiger partial charge in [0.1, 0.15) is 0 Å². The van der Waals surface area contributed by atoms with Gasteiger partial charge in [-0.25, -0.2) is 0 Å². The Morgan fingerprint density at radius 3 is 1.28 bits per heavy atom. The zero-order valence-corrected chi connectivity index (χ0v) is 36.5. The van der Waals surface area contributed by atoms with E-state index in [9.17, 15) is 0 Å². The van der Waals surface area contributed by atoms with Gasteiger partial charge in [-0.05, 0) is 0 Å². The molecule has 0 nitrogen and oxygen atoms in total. The minimum atomic E-state index is -2.91. The number of rotatable bonds is 4. The summed E-state index contributed by atoms with van der Waals surface area (Å²) in [6.07, 6.45) is 2.62. The molecule has 0 aromatic heterocycles. The van der Waals surface area contributed by atoms with Crippen molar-refractivity contribution in [3.05, 3.63) is 150 Å². The Labute approximate surface area is 323 Å². The van der Waals surface area contributed by atoms with E-state index in [2.05, 4.69) is 181 Å². The summed E-state index contributed by atoms with van der Waals surface area (Å²) in [7, 11) is 0. The van der Waals surface area contributed by atoms with Crippen molar-refractivity contribution < 1.29 is 46.1 Å². The van der Waals surface area contributed by atoms with Crippen LogP contribution in [-0.4, -0.2) is 3.21 Å². The number of benzene rings is 4. The molecule has 2 aliphatic carbocycles.